The van der Waals surface area contributed by atoms with Crippen LogP contribution >= 0.6 is 0 Å². The molecule has 0 radical (unpaired) electrons. The Morgan fingerprint density at radius 2 is 1.30 bits per heavy atom. The molecule has 0 heterocycles. The van der Waals surface area contributed by atoms with Crippen LogP contribution in [-0.4, -0.2) is 36.2 Å². The van der Waals surface area contributed by atoms with E-state index in [4.69, 9.17) is 11.2 Å². The number of amides is 2. The molecule has 7 heteroatoms. The van der Waals surface area contributed by atoms with Crippen LogP contribution in [0.3, 0.4) is 0 Å². The summed E-state index contributed by atoms with van der Waals surface area (Å²) in [6, 6.07) is 8.68. The van der Waals surface area contributed by atoms with Gasteiger partial charge in [0.15, 0.2) is 5.78 Å². The molecule has 7 nitrogen and oxygen atoms in total. The normalized spacial score (nSPS) is 10.1. The van der Waals surface area contributed by atoms with Gasteiger partial charge in [-0.1, -0.05) is 129 Å². The Morgan fingerprint density at radius 1 is 0.750 bits per heavy atom. The quantitative estimate of drug-likeness (QED) is 0.119. The largest absolute Gasteiger partial charge is 0.445 e. The topological polar surface area (TPSA) is 102 Å². The van der Waals surface area contributed by atoms with Gasteiger partial charge >= 0.3 is 6.09 Å². The number of terminal acetylenes is 1. The molecule has 1 rings (SSSR count). The van der Waals surface area contributed by atoms with Crippen LogP contribution in [0.4, 0.5) is 4.79 Å². The third-order valence-corrected chi connectivity index (χ3v) is 6.46. The zero-order valence-corrected chi connectivity index (χ0v) is 29.1. The Morgan fingerprint density at radius 3 is 1.77 bits per heavy atom. The SMILES string of the molecule is C#CC(=O)NCCCC[C@H](NC(=O)OCc1ccccc1)C(C)=O.CCCC.CCCC.CCCCCCCCCC(C)=O. The van der Waals surface area contributed by atoms with E-state index in [0.29, 0.717) is 31.6 Å². The molecule has 1 aromatic carbocycles. The van der Waals surface area contributed by atoms with Gasteiger partial charge in [0.05, 0.1) is 6.04 Å². The van der Waals surface area contributed by atoms with Crippen molar-refractivity contribution < 1.29 is 23.9 Å². The van der Waals surface area contributed by atoms with E-state index in [1.165, 1.54) is 71.1 Å². The molecule has 0 fully saturated rings. The number of carbonyl (C=O) groups is 4. The van der Waals surface area contributed by atoms with Crippen molar-refractivity contribution in [2.24, 2.45) is 0 Å². The summed E-state index contributed by atoms with van der Waals surface area (Å²) in [7, 11) is 0. The lowest BCUT2D eigenvalue weighted by Gasteiger charge is -2.16. The molecule has 0 saturated heterocycles. The monoisotopic (exact) mass is 616 g/mol. The molecule has 0 aliphatic heterocycles. The van der Waals surface area contributed by atoms with Crippen molar-refractivity contribution in [1.82, 2.24) is 10.6 Å². The van der Waals surface area contributed by atoms with E-state index < -0.39 is 18.0 Å². The number of nitrogens with one attached hydrogen (secondary N) is 2. The second kappa shape index (κ2) is 36.1. The lowest BCUT2D eigenvalue weighted by molar-refractivity contribution is -0.119. The number of ketones is 2. The lowest BCUT2D eigenvalue weighted by Crippen LogP contribution is -2.40. The van der Waals surface area contributed by atoms with Gasteiger partial charge in [-0.25, -0.2) is 4.79 Å². The highest BCUT2D eigenvalue weighted by molar-refractivity contribution is 5.92. The van der Waals surface area contributed by atoms with Crippen LogP contribution in [0.2, 0.25) is 0 Å². The van der Waals surface area contributed by atoms with Gasteiger partial charge < -0.3 is 20.2 Å². The van der Waals surface area contributed by atoms with E-state index in [1.54, 1.807) is 6.92 Å². The lowest BCUT2D eigenvalue weighted by atomic mass is 10.1. The molecule has 1 aromatic rings. The Bertz CT molecular complexity index is 856. The average molecular weight is 617 g/mol. The molecule has 0 aromatic heterocycles. The number of hydrogen-bond acceptors (Lipinski definition) is 5. The number of carbonyl (C=O) groups excluding carboxylic acids is 4. The fraction of sp³-hybridized carbons (Fsp3) is 0.676. The van der Waals surface area contributed by atoms with E-state index >= 15 is 0 Å². The first-order valence-electron chi connectivity index (χ1n) is 16.8. The summed E-state index contributed by atoms with van der Waals surface area (Å²) >= 11 is 0. The molecule has 0 aliphatic carbocycles. The van der Waals surface area contributed by atoms with Crippen LogP contribution in [0.25, 0.3) is 0 Å². The fourth-order valence-electron chi connectivity index (χ4n) is 3.34. The second-order valence-electron chi connectivity index (χ2n) is 10.8. The molecule has 0 spiro atoms. The number of hydrogen-bond donors (Lipinski definition) is 2. The van der Waals surface area contributed by atoms with Gasteiger partial charge in [0, 0.05) is 13.0 Å². The van der Waals surface area contributed by atoms with Crippen LogP contribution in [-0.2, 0) is 25.7 Å². The van der Waals surface area contributed by atoms with Crippen LogP contribution in [0.5, 0.6) is 0 Å². The number of rotatable bonds is 19. The summed E-state index contributed by atoms with van der Waals surface area (Å²) < 4.78 is 5.10. The van der Waals surface area contributed by atoms with Crippen molar-refractivity contribution in [1.29, 1.82) is 0 Å². The van der Waals surface area contributed by atoms with E-state index in [0.717, 1.165) is 18.4 Å². The highest BCUT2D eigenvalue weighted by atomic mass is 16.5. The first-order valence-corrected chi connectivity index (χ1v) is 16.8. The smallest absolute Gasteiger partial charge is 0.408 e. The molecule has 252 valence electrons. The molecule has 0 aliphatic rings. The summed E-state index contributed by atoms with van der Waals surface area (Å²) in [4.78, 5) is 44.8. The minimum absolute atomic E-state index is 0.140. The van der Waals surface area contributed by atoms with Crippen molar-refractivity contribution in [3.05, 3.63) is 35.9 Å². The number of benzene rings is 1. The van der Waals surface area contributed by atoms with E-state index in [-0.39, 0.29) is 12.4 Å². The summed E-state index contributed by atoms with van der Waals surface area (Å²) in [6.07, 6.45) is 21.2. The van der Waals surface area contributed by atoms with Crippen molar-refractivity contribution in [2.45, 2.75) is 157 Å². The minimum Gasteiger partial charge on any atom is -0.445 e. The van der Waals surface area contributed by atoms with Gasteiger partial charge in [0.25, 0.3) is 5.91 Å². The third-order valence-electron chi connectivity index (χ3n) is 6.46. The average Bonchev–Trinajstić information content (AvgIpc) is 3.03. The van der Waals surface area contributed by atoms with Gasteiger partial charge in [0.2, 0.25) is 0 Å². The molecule has 1 atom stereocenters. The van der Waals surface area contributed by atoms with E-state index in [1.807, 2.05) is 36.3 Å². The van der Waals surface area contributed by atoms with Crippen molar-refractivity contribution >= 4 is 23.6 Å². The number of alkyl carbamates (subject to hydrolysis) is 1. The molecule has 0 bridgehead atoms. The van der Waals surface area contributed by atoms with Crippen molar-refractivity contribution in [3.8, 4) is 12.3 Å². The summed E-state index contributed by atoms with van der Waals surface area (Å²) in [5.74, 6) is 1.70. The van der Waals surface area contributed by atoms with Gasteiger partial charge in [-0.2, -0.15) is 0 Å². The van der Waals surface area contributed by atoms with Gasteiger partial charge in [0.1, 0.15) is 12.4 Å². The fourth-order valence-corrected chi connectivity index (χ4v) is 3.34. The molecule has 44 heavy (non-hydrogen) atoms. The number of unbranched alkanes of at least 4 members (excludes halogenated alkanes) is 9. The Labute approximate surface area is 270 Å². The van der Waals surface area contributed by atoms with Crippen LogP contribution in [0, 0.1) is 12.3 Å². The maximum absolute atomic E-state index is 11.8. The van der Waals surface area contributed by atoms with Gasteiger partial charge in [-0.05, 0) is 51.0 Å². The van der Waals surface area contributed by atoms with Gasteiger partial charge in [-0.3, -0.25) is 9.59 Å². The second-order valence-corrected chi connectivity index (χ2v) is 10.8. The van der Waals surface area contributed by atoms with Crippen LogP contribution in [0.15, 0.2) is 30.3 Å². The molecular weight excluding hydrogens is 552 g/mol. The predicted octanol–water partition coefficient (Wildman–Crippen LogP) is 9.12. The third kappa shape index (κ3) is 36.9. The van der Waals surface area contributed by atoms with Gasteiger partial charge in [-0.15, -0.1) is 6.42 Å². The summed E-state index contributed by atoms with van der Waals surface area (Å²) in [5, 5.41) is 5.11. The van der Waals surface area contributed by atoms with E-state index in [9.17, 15) is 19.2 Å². The molecule has 0 unspecified atom stereocenters. The number of ether oxygens (including phenoxy) is 1. The zero-order chi connectivity index (χ0) is 33.8. The number of Topliss-reactive ketones (excluding diaryl/α,β-unsaturated/α-hetero) is 2. The van der Waals surface area contributed by atoms with Crippen LogP contribution in [0.1, 0.15) is 150 Å². The summed E-state index contributed by atoms with van der Waals surface area (Å²) in [5.41, 5.74) is 0.872. The zero-order valence-electron chi connectivity index (χ0n) is 29.1. The summed E-state index contributed by atoms with van der Waals surface area (Å²) in [6.45, 7) is 14.6. The molecule has 0 saturated carbocycles. The maximum Gasteiger partial charge on any atom is 0.408 e. The maximum atomic E-state index is 11.8. The Kier molecular flexibility index (Phi) is 37.1. The first-order chi connectivity index (χ1) is 21.1. The predicted molar refractivity (Wildman–Crippen MR) is 184 cm³/mol. The van der Waals surface area contributed by atoms with Crippen LogP contribution < -0.4 is 10.6 Å². The Hall–Kier alpha value is -3.14. The van der Waals surface area contributed by atoms with Crippen molar-refractivity contribution in [2.75, 3.05) is 6.54 Å². The Balaban J connectivity index is -0.000000694. The van der Waals surface area contributed by atoms with Crippen molar-refractivity contribution in [3.63, 3.8) is 0 Å². The minimum atomic E-state index is -0.625. The molecule has 2 N–H and O–H groups in total. The van der Waals surface area contributed by atoms with E-state index in [2.05, 4.69) is 45.3 Å². The standard InChI is InChI=1S/C18H22N2O4.C11H22O.2C4H10/c1-3-17(22)19-12-8-7-11-16(14(2)21)20-18(23)24-13-15-9-5-4-6-10-15;1-3-4-5-6-7-8-9-10-11(2)12;2*1-3-4-2/h1,4-6,9-10,16H,7-8,11-13H2,2H3,(H,19,22)(H,20,23);3-10H2,1-2H3;2*3-4H2,1-2H3/t16-;;;/m0.../s1. The molecule has 2 amide bonds. The highest BCUT2D eigenvalue weighted by Crippen LogP contribution is 2.08. The first kappa shape index (κ1) is 45.3. The highest BCUT2D eigenvalue weighted by Gasteiger charge is 2.17. The molecular formula is C37H64N2O5.